The second-order valence-electron chi connectivity index (χ2n) is 6.00. The second kappa shape index (κ2) is 6.55. The van der Waals surface area contributed by atoms with Crippen LogP contribution in [0.25, 0.3) is 0 Å². The normalized spacial score (nSPS) is 14.4. The first-order chi connectivity index (χ1) is 9.20. The van der Waals surface area contributed by atoms with Gasteiger partial charge in [0.15, 0.2) is 0 Å². The summed E-state index contributed by atoms with van der Waals surface area (Å²) in [6, 6.07) is 9.56. The second-order valence-corrected chi connectivity index (χ2v) is 6.00. The Kier molecular flexibility index (Phi) is 5.31. The lowest BCUT2D eigenvalue weighted by molar-refractivity contribution is -0.157. The van der Waals surface area contributed by atoms with E-state index in [9.17, 15) is 9.59 Å². The lowest BCUT2D eigenvalue weighted by Crippen LogP contribution is -2.32. The minimum absolute atomic E-state index is 0.00264. The monoisotopic (exact) mass is 277 g/mol. The largest absolute Gasteiger partial charge is 0.460 e. The number of benzene rings is 1. The molecule has 0 fully saturated rings. The highest BCUT2D eigenvalue weighted by atomic mass is 16.6. The Balaban J connectivity index is 2.80. The van der Waals surface area contributed by atoms with Crippen molar-refractivity contribution < 1.29 is 14.3 Å². The number of carbonyl (C=O) groups is 2. The Morgan fingerprint density at radius 3 is 2.20 bits per heavy atom. The lowest BCUT2D eigenvalue weighted by atomic mass is 9.85. The molecular weight excluding hydrogens is 254 g/mol. The highest BCUT2D eigenvalue weighted by molar-refractivity contribution is 5.83. The molecule has 0 saturated carbocycles. The number of esters is 1. The van der Waals surface area contributed by atoms with Gasteiger partial charge in [-0.1, -0.05) is 37.3 Å². The lowest BCUT2D eigenvalue weighted by Gasteiger charge is -2.24. The van der Waals surface area contributed by atoms with Crippen LogP contribution in [0, 0.1) is 5.92 Å². The van der Waals surface area contributed by atoms with Gasteiger partial charge in [0.2, 0.25) is 5.91 Å². The van der Waals surface area contributed by atoms with Crippen molar-refractivity contribution in [1.29, 1.82) is 0 Å². The fraction of sp³-hybridized carbons (Fsp3) is 0.500. The van der Waals surface area contributed by atoms with Crippen LogP contribution in [0.5, 0.6) is 0 Å². The van der Waals surface area contributed by atoms with Gasteiger partial charge in [0.25, 0.3) is 0 Å². The number of amides is 1. The van der Waals surface area contributed by atoms with E-state index in [1.165, 1.54) is 0 Å². The molecule has 0 saturated heterocycles. The summed E-state index contributed by atoms with van der Waals surface area (Å²) in [6.07, 6.45) is 0.00264. The minimum atomic E-state index is -0.563. The summed E-state index contributed by atoms with van der Waals surface area (Å²) in [4.78, 5) is 23.5. The summed E-state index contributed by atoms with van der Waals surface area (Å²) in [5.74, 6) is -1.57. The van der Waals surface area contributed by atoms with Crippen LogP contribution in [0.4, 0.5) is 0 Å². The Morgan fingerprint density at radius 2 is 1.75 bits per heavy atom. The van der Waals surface area contributed by atoms with Crippen molar-refractivity contribution in [2.24, 2.45) is 11.7 Å². The molecule has 110 valence electrons. The first-order valence-corrected chi connectivity index (χ1v) is 6.77. The predicted molar refractivity (Wildman–Crippen MR) is 78.0 cm³/mol. The molecule has 0 aliphatic rings. The maximum Gasteiger partial charge on any atom is 0.307 e. The Labute approximate surface area is 120 Å². The van der Waals surface area contributed by atoms with Crippen LogP contribution < -0.4 is 5.73 Å². The zero-order valence-corrected chi connectivity index (χ0v) is 12.6. The topological polar surface area (TPSA) is 69.4 Å². The summed E-state index contributed by atoms with van der Waals surface area (Å²) < 4.78 is 5.26. The van der Waals surface area contributed by atoms with Crippen molar-refractivity contribution in [2.45, 2.75) is 45.6 Å². The quantitative estimate of drug-likeness (QED) is 0.841. The van der Waals surface area contributed by atoms with Gasteiger partial charge in [-0.2, -0.15) is 0 Å². The van der Waals surface area contributed by atoms with Crippen LogP contribution in [0.15, 0.2) is 30.3 Å². The number of hydrogen-bond acceptors (Lipinski definition) is 3. The Bertz CT molecular complexity index is 462. The van der Waals surface area contributed by atoms with Gasteiger partial charge >= 0.3 is 5.97 Å². The number of primary amides is 1. The summed E-state index contributed by atoms with van der Waals surface area (Å²) in [5, 5.41) is 0. The molecule has 0 radical (unpaired) electrons. The molecule has 1 aromatic carbocycles. The van der Waals surface area contributed by atoms with Crippen molar-refractivity contribution in [3.8, 4) is 0 Å². The van der Waals surface area contributed by atoms with Crippen LogP contribution in [0.1, 0.15) is 45.6 Å². The molecule has 1 amide bonds. The van der Waals surface area contributed by atoms with E-state index in [1.54, 1.807) is 20.8 Å². The van der Waals surface area contributed by atoms with Gasteiger partial charge in [-0.25, -0.2) is 0 Å². The first kappa shape index (κ1) is 16.2. The van der Waals surface area contributed by atoms with Crippen LogP contribution in [-0.4, -0.2) is 17.5 Å². The number of ether oxygens (including phenoxy) is 1. The van der Waals surface area contributed by atoms with E-state index >= 15 is 0 Å². The van der Waals surface area contributed by atoms with Gasteiger partial charge in [0.05, 0.1) is 12.3 Å². The van der Waals surface area contributed by atoms with Gasteiger partial charge in [0, 0.05) is 0 Å². The summed E-state index contributed by atoms with van der Waals surface area (Å²) in [5.41, 5.74) is 5.87. The number of hydrogen-bond donors (Lipinski definition) is 1. The maximum absolute atomic E-state index is 11.9. The van der Waals surface area contributed by atoms with Gasteiger partial charge in [0.1, 0.15) is 5.60 Å². The molecule has 2 N–H and O–H groups in total. The first-order valence-electron chi connectivity index (χ1n) is 6.77. The molecule has 1 rings (SSSR count). The molecule has 4 nitrogen and oxygen atoms in total. The smallest absolute Gasteiger partial charge is 0.307 e. The molecular formula is C16H23NO3. The van der Waals surface area contributed by atoms with Gasteiger partial charge in [-0.05, 0) is 32.3 Å². The molecule has 0 aliphatic heterocycles. The van der Waals surface area contributed by atoms with Crippen LogP contribution in [0.3, 0.4) is 0 Å². The molecule has 0 aromatic heterocycles. The van der Waals surface area contributed by atoms with E-state index in [0.717, 1.165) is 5.56 Å². The van der Waals surface area contributed by atoms with E-state index in [-0.39, 0.29) is 12.3 Å². The standard InChI is InChI=1S/C16H23NO3/c1-11(12-8-6-5-7-9-12)13(15(17)19)10-14(18)20-16(2,3)4/h5-9,11,13H,10H2,1-4H3,(H2,17,19). The highest BCUT2D eigenvalue weighted by Crippen LogP contribution is 2.27. The maximum atomic E-state index is 11.9. The third-order valence-electron chi connectivity index (χ3n) is 3.10. The van der Waals surface area contributed by atoms with Crippen molar-refractivity contribution in [1.82, 2.24) is 0 Å². The SMILES string of the molecule is CC(c1ccccc1)C(CC(=O)OC(C)(C)C)C(N)=O. The van der Waals surface area contributed by atoms with Crippen LogP contribution in [-0.2, 0) is 14.3 Å². The fourth-order valence-corrected chi connectivity index (χ4v) is 2.08. The average Bonchev–Trinajstić information content (AvgIpc) is 2.34. The molecule has 0 heterocycles. The van der Waals surface area contributed by atoms with E-state index in [4.69, 9.17) is 10.5 Å². The number of carbonyl (C=O) groups excluding carboxylic acids is 2. The summed E-state index contributed by atoms with van der Waals surface area (Å²) >= 11 is 0. The van der Waals surface area contributed by atoms with Crippen molar-refractivity contribution >= 4 is 11.9 Å². The molecule has 2 atom stereocenters. The van der Waals surface area contributed by atoms with Crippen molar-refractivity contribution in [3.05, 3.63) is 35.9 Å². The minimum Gasteiger partial charge on any atom is -0.460 e. The van der Waals surface area contributed by atoms with E-state index in [1.807, 2.05) is 37.3 Å². The molecule has 1 aromatic rings. The summed E-state index contributed by atoms with van der Waals surface area (Å²) in [6.45, 7) is 7.29. The fourth-order valence-electron chi connectivity index (χ4n) is 2.08. The van der Waals surface area contributed by atoms with E-state index in [2.05, 4.69) is 0 Å². The predicted octanol–water partition coefficient (Wildman–Crippen LogP) is 2.62. The van der Waals surface area contributed by atoms with Crippen molar-refractivity contribution in [3.63, 3.8) is 0 Å². The molecule has 0 bridgehead atoms. The van der Waals surface area contributed by atoms with Gasteiger partial charge in [-0.3, -0.25) is 9.59 Å². The zero-order chi connectivity index (χ0) is 15.3. The summed E-state index contributed by atoms with van der Waals surface area (Å²) in [7, 11) is 0. The van der Waals surface area contributed by atoms with Gasteiger partial charge < -0.3 is 10.5 Å². The van der Waals surface area contributed by atoms with Crippen LogP contribution >= 0.6 is 0 Å². The van der Waals surface area contributed by atoms with Crippen molar-refractivity contribution in [2.75, 3.05) is 0 Å². The number of nitrogens with two attached hydrogens (primary N) is 1. The molecule has 4 heteroatoms. The zero-order valence-electron chi connectivity index (χ0n) is 12.6. The van der Waals surface area contributed by atoms with Crippen LogP contribution in [0.2, 0.25) is 0 Å². The highest BCUT2D eigenvalue weighted by Gasteiger charge is 2.29. The average molecular weight is 277 g/mol. The molecule has 20 heavy (non-hydrogen) atoms. The van der Waals surface area contributed by atoms with E-state index in [0.29, 0.717) is 0 Å². The molecule has 0 aliphatic carbocycles. The Morgan fingerprint density at radius 1 is 1.20 bits per heavy atom. The molecule has 2 unspecified atom stereocenters. The third-order valence-corrected chi connectivity index (χ3v) is 3.10. The van der Waals surface area contributed by atoms with Gasteiger partial charge in [-0.15, -0.1) is 0 Å². The van der Waals surface area contributed by atoms with E-state index < -0.39 is 23.4 Å². The Hall–Kier alpha value is -1.84. The third kappa shape index (κ3) is 5.03. The molecule has 0 spiro atoms. The number of rotatable bonds is 5.